The molecule has 1 fully saturated rings. The lowest BCUT2D eigenvalue weighted by atomic mass is 9.77. The van der Waals surface area contributed by atoms with E-state index in [4.69, 9.17) is 9.15 Å². The van der Waals surface area contributed by atoms with Crippen LogP contribution in [0, 0.1) is 0 Å². The van der Waals surface area contributed by atoms with Crippen molar-refractivity contribution in [2.24, 2.45) is 0 Å². The summed E-state index contributed by atoms with van der Waals surface area (Å²) in [5.74, 6) is 0. The molecule has 1 aromatic rings. The van der Waals surface area contributed by atoms with E-state index in [0.29, 0.717) is 0 Å². The molecule has 1 aliphatic rings. The van der Waals surface area contributed by atoms with Crippen LogP contribution in [0.1, 0.15) is 57.1 Å². The maximum Gasteiger partial charge on any atom is 0.0951 e. The Morgan fingerprint density at radius 2 is 2.17 bits per heavy atom. The molecule has 0 spiro atoms. The number of furan rings is 1. The predicted molar refractivity (Wildman–Crippen MR) is 72.6 cm³/mol. The van der Waals surface area contributed by atoms with Gasteiger partial charge in [-0.15, -0.1) is 0 Å². The van der Waals surface area contributed by atoms with Crippen LogP contribution in [0.2, 0.25) is 0 Å². The molecule has 0 aliphatic heterocycles. The smallest absolute Gasteiger partial charge is 0.0951 e. The van der Waals surface area contributed by atoms with Crippen molar-refractivity contribution in [3.63, 3.8) is 0 Å². The zero-order valence-corrected chi connectivity index (χ0v) is 11.6. The minimum absolute atomic E-state index is 0.0582. The van der Waals surface area contributed by atoms with Gasteiger partial charge in [0.1, 0.15) is 0 Å². The summed E-state index contributed by atoms with van der Waals surface area (Å²) in [6.45, 7) is 3.21. The van der Waals surface area contributed by atoms with Gasteiger partial charge in [0, 0.05) is 12.7 Å². The van der Waals surface area contributed by atoms with E-state index < -0.39 is 0 Å². The fraction of sp³-hybridized carbons (Fsp3) is 0.733. The molecular formula is C15H25NO2. The van der Waals surface area contributed by atoms with Gasteiger partial charge in [0.25, 0.3) is 0 Å². The van der Waals surface area contributed by atoms with E-state index in [1.165, 1.54) is 24.8 Å². The first-order valence-electron chi connectivity index (χ1n) is 7.13. The molecule has 0 aromatic carbocycles. The van der Waals surface area contributed by atoms with Crippen LogP contribution in [-0.2, 0) is 4.74 Å². The summed E-state index contributed by atoms with van der Waals surface area (Å²) < 4.78 is 11.2. The monoisotopic (exact) mass is 251 g/mol. The summed E-state index contributed by atoms with van der Waals surface area (Å²) in [5.41, 5.74) is 1.16. The molecule has 2 rings (SSSR count). The molecule has 1 unspecified atom stereocenters. The number of nitrogens with one attached hydrogen (secondary N) is 1. The highest BCUT2D eigenvalue weighted by Gasteiger charge is 2.40. The van der Waals surface area contributed by atoms with E-state index >= 15 is 0 Å². The summed E-state index contributed by atoms with van der Waals surface area (Å²) in [5, 5.41) is 3.65. The normalized spacial score (nSPS) is 20.8. The van der Waals surface area contributed by atoms with E-state index in [1.807, 2.05) is 13.4 Å². The molecular weight excluding hydrogens is 226 g/mol. The van der Waals surface area contributed by atoms with Gasteiger partial charge in [-0.2, -0.15) is 0 Å². The second-order valence-corrected chi connectivity index (χ2v) is 5.27. The number of hydrogen-bond donors (Lipinski definition) is 1. The van der Waals surface area contributed by atoms with Crippen molar-refractivity contribution in [2.45, 2.75) is 57.1 Å². The van der Waals surface area contributed by atoms with Gasteiger partial charge in [-0.05, 0) is 31.9 Å². The van der Waals surface area contributed by atoms with Gasteiger partial charge in [0.05, 0.1) is 24.2 Å². The van der Waals surface area contributed by atoms with Crippen molar-refractivity contribution in [3.8, 4) is 0 Å². The zero-order valence-electron chi connectivity index (χ0n) is 11.6. The minimum atomic E-state index is -0.0582. The molecule has 1 N–H and O–H groups in total. The first-order valence-corrected chi connectivity index (χ1v) is 7.13. The average Bonchev–Trinajstić information content (AvgIpc) is 2.94. The van der Waals surface area contributed by atoms with Gasteiger partial charge >= 0.3 is 0 Å². The molecule has 1 atom stereocenters. The van der Waals surface area contributed by atoms with Crippen molar-refractivity contribution in [3.05, 3.63) is 24.2 Å². The number of ether oxygens (including phenoxy) is 1. The Labute approximate surface area is 110 Å². The van der Waals surface area contributed by atoms with Crippen molar-refractivity contribution in [2.75, 3.05) is 13.7 Å². The Morgan fingerprint density at radius 1 is 1.39 bits per heavy atom. The van der Waals surface area contributed by atoms with Gasteiger partial charge in [0.2, 0.25) is 0 Å². The molecule has 1 saturated carbocycles. The van der Waals surface area contributed by atoms with Crippen LogP contribution in [0.5, 0.6) is 0 Å². The van der Waals surface area contributed by atoms with Gasteiger partial charge in [-0.25, -0.2) is 0 Å². The molecule has 0 bridgehead atoms. The van der Waals surface area contributed by atoms with Gasteiger partial charge in [0.15, 0.2) is 0 Å². The number of methoxy groups -OCH3 is 1. The van der Waals surface area contributed by atoms with E-state index in [2.05, 4.69) is 18.3 Å². The summed E-state index contributed by atoms with van der Waals surface area (Å²) in [7, 11) is 1.85. The van der Waals surface area contributed by atoms with Crippen molar-refractivity contribution in [1.29, 1.82) is 0 Å². The SMILES string of the molecule is CCCNC(c1ccoc1)C1(OC)CCCCC1. The molecule has 3 nitrogen and oxygen atoms in total. The third kappa shape index (κ3) is 2.78. The molecule has 0 saturated heterocycles. The quantitative estimate of drug-likeness (QED) is 0.837. The van der Waals surface area contributed by atoms with E-state index in [9.17, 15) is 0 Å². The van der Waals surface area contributed by atoms with E-state index in [1.54, 1.807) is 6.26 Å². The Morgan fingerprint density at radius 3 is 2.72 bits per heavy atom. The fourth-order valence-corrected chi connectivity index (χ4v) is 3.10. The molecule has 1 heterocycles. The van der Waals surface area contributed by atoms with Crippen molar-refractivity contribution >= 4 is 0 Å². The van der Waals surface area contributed by atoms with Crippen LogP contribution < -0.4 is 5.32 Å². The minimum Gasteiger partial charge on any atom is -0.472 e. The Hall–Kier alpha value is -0.800. The fourth-order valence-electron chi connectivity index (χ4n) is 3.10. The van der Waals surface area contributed by atoms with Crippen molar-refractivity contribution in [1.82, 2.24) is 5.32 Å². The lowest BCUT2D eigenvalue weighted by Gasteiger charge is -2.42. The highest BCUT2D eigenvalue weighted by Crippen LogP contribution is 2.41. The Balaban J connectivity index is 2.20. The standard InChI is InChI=1S/C15H25NO2/c1-3-10-16-14(13-7-11-18-12-13)15(17-2)8-5-4-6-9-15/h7,11-12,14,16H,3-6,8-10H2,1-2H3. The van der Waals surface area contributed by atoms with Crippen molar-refractivity contribution < 1.29 is 9.15 Å². The molecule has 1 aromatic heterocycles. The molecule has 1 aliphatic carbocycles. The zero-order chi connectivity index (χ0) is 12.8. The van der Waals surface area contributed by atoms with Crippen LogP contribution in [0.4, 0.5) is 0 Å². The number of rotatable bonds is 6. The van der Waals surface area contributed by atoms with Gasteiger partial charge in [-0.3, -0.25) is 0 Å². The van der Waals surface area contributed by atoms with E-state index in [0.717, 1.165) is 25.8 Å². The highest BCUT2D eigenvalue weighted by atomic mass is 16.5. The topological polar surface area (TPSA) is 34.4 Å². The Kier molecular flexibility index (Phi) is 4.84. The van der Waals surface area contributed by atoms with Gasteiger partial charge in [-0.1, -0.05) is 26.2 Å². The van der Waals surface area contributed by atoms with Crippen LogP contribution in [-0.4, -0.2) is 19.3 Å². The Bertz CT molecular complexity index is 328. The van der Waals surface area contributed by atoms with E-state index in [-0.39, 0.29) is 11.6 Å². The third-order valence-electron chi connectivity index (χ3n) is 4.11. The van der Waals surface area contributed by atoms with Crippen LogP contribution in [0.3, 0.4) is 0 Å². The highest BCUT2D eigenvalue weighted by molar-refractivity contribution is 5.17. The maximum atomic E-state index is 5.96. The molecule has 3 heteroatoms. The van der Waals surface area contributed by atoms with Crippen LogP contribution in [0.15, 0.2) is 23.0 Å². The average molecular weight is 251 g/mol. The summed E-state index contributed by atoms with van der Waals surface area (Å²) in [6.07, 6.45) is 10.9. The lowest BCUT2D eigenvalue weighted by molar-refractivity contribution is -0.0688. The largest absolute Gasteiger partial charge is 0.472 e. The third-order valence-corrected chi connectivity index (χ3v) is 4.11. The molecule has 102 valence electrons. The molecule has 18 heavy (non-hydrogen) atoms. The second kappa shape index (κ2) is 6.39. The summed E-state index contributed by atoms with van der Waals surface area (Å²) in [4.78, 5) is 0. The van der Waals surface area contributed by atoms with Crippen LogP contribution in [0.25, 0.3) is 0 Å². The maximum absolute atomic E-state index is 5.96. The molecule has 0 amide bonds. The summed E-state index contributed by atoms with van der Waals surface area (Å²) in [6, 6.07) is 2.31. The van der Waals surface area contributed by atoms with Gasteiger partial charge < -0.3 is 14.5 Å². The number of hydrogen-bond acceptors (Lipinski definition) is 3. The lowest BCUT2D eigenvalue weighted by Crippen LogP contribution is -2.47. The first-order chi connectivity index (χ1) is 8.82. The second-order valence-electron chi connectivity index (χ2n) is 5.27. The van der Waals surface area contributed by atoms with Crippen LogP contribution >= 0.6 is 0 Å². The predicted octanol–water partition coefficient (Wildman–Crippen LogP) is 3.67. The molecule has 0 radical (unpaired) electrons. The summed E-state index contributed by atoms with van der Waals surface area (Å²) >= 11 is 0. The first kappa shape index (κ1) is 13.6.